The molecule has 0 saturated heterocycles. The third kappa shape index (κ3) is 3.74. The second-order valence-corrected chi connectivity index (χ2v) is 6.06. The third-order valence-electron chi connectivity index (χ3n) is 4.33. The van der Waals surface area contributed by atoms with E-state index in [2.05, 4.69) is 25.2 Å². The van der Waals surface area contributed by atoms with E-state index < -0.39 is 0 Å². The number of nitrogens with one attached hydrogen (secondary N) is 1. The van der Waals surface area contributed by atoms with Crippen LogP contribution in [0.3, 0.4) is 0 Å². The average molecular weight is 251 g/mol. The van der Waals surface area contributed by atoms with Crippen LogP contribution >= 0.6 is 0 Å². The van der Waals surface area contributed by atoms with E-state index in [0.29, 0.717) is 6.04 Å². The molecule has 1 aliphatic heterocycles. The van der Waals surface area contributed by atoms with Crippen molar-refractivity contribution in [1.82, 2.24) is 5.32 Å². The highest BCUT2D eigenvalue weighted by Crippen LogP contribution is 2.34. The summed E-state index contributed by atoms with van der Waals surface area (Å²) in [7, 11) is 0. The van der Waals surface area contributed by atoms with Crippen LogP contribution in [0.2, 0.25) is 0 Å². The van der Waals surface area contributed by atoms with E-state index in [4.69, 9.17) is 4.74 Å². The minimum atomic E-state index is 0.480. The van der Waals surface area contributed by atoms with Gasteiger partial charge in [-0.15, -0.1) is 0 Å². The summed E-state index contributed by atoms with van der Waals surface area (Å²) < 4.78 is 5.92. The summed E-state index contributed by atoms with van der Waals surface area (Å²) in [5.74, 6) is 2.91. The third-order valence-corrected chi connectivity index (χ3v) is 4.33. The Balaban J connectivity index is 2.00. The topological polar surface area (TPSA) is 21.3 Å². The summed E-state index contributed by atoms with van der Waals surface area (Å²) in [5, 5.41) is 3.74. The van der Waals surface area contributed by atoms with E-state index in [9.17, 15) is 0 Å². The highest BCUT2D eigenvalue weighted by Gasteiger charge is 2.30. The Labute approximate surface area is 112 Å². The number of hydrogen-bond donors (Lipinski definition) is 1. The Morgan fingerprint density at radius 1 is 1.39 bits per heavy atom. The lowest BCUT2D eigenvalue weighted by molar-refractivity contribution is 0.131. The lowest BCUT2D eigenvalue weighted by atomic mass is 9.77. The maximum Gasteiger partial charge on any atom is 0.109 e. The van der Waals surface area contributed by atoms with Crippen molar-refractivity contribution in [2.45, 2.75) is 64.8 Å². The van der Waals surface area contributed by atoms with Gasteiger partial charge < -0.3 is 10.1 Å². The average Bonchev–Trinajstić information content (AvgIpc) is 2.40. The standard InChI is InChI=1S/C16H29NO/c1-3-10-17-16(15-9-4-5-11-18-15)14-8-6-7-13(2)12-14/h9,13-14,16-17H,3-8,10-12H2,1-2H3. The van der Waals surface area contributed by atoms with Crippen molar-refractivity contribution in [2.24, 2.45) is 11.8 Å². The van der Waals surface area contributed by atoms with Gasteiger partial charge in [-0.1, -0.05) is 26.7 Å². The molecule has 18 heavy (non-hydrogen) atoms. The van der Waals surface area contributed by atoms with Crippen molar-refractivity contribution >= 4 is 0 Å². The molecular formula is C16H29NO. The summed E-state index contributed by atoms with van der Waals surface area (Å²) in [4.78, 5) is 0. The molecule has 2 nitrogen and oxygen atoms in total. The Bertz CT molecular complexity index is 274. The van der Waals surface area contributed by atoms with Crippen molar-refractivity contribution in [2.75, 3.05) is 13.2 Å². The van der Waals surface area contributed by atoms with Gasteiger partial charge in [0, 0.05) is 0 Å². The normalized spacial score (nSPS) is 30.4. The molecule has 1 N–H and O–H groups in total. The van der Waals surface area contributed by atoms with Crippen LogP contribution in [0.1, 0.15) is 58.8 Å². The Hall–Kier alpha value is -0.500. The zero-order valence-electron chi connectivity index (χ0n) is 12.1. The number of allylic oxidation sites excluding steroid dienone is 1. The predicted molar refractivity (Wildman–Crippen MR) is 76.5 cm³/mol. The lowest BCUT2D eigenvalue weighted by Gasteiger charge is -2.36. The molecule has 0 spiro atoms. The van der Waals surface area contributed by atoms with E-state index in [1.165, 1.54) is 50.7 Å². The second kappa shape index (κ2) is 7.18. The highest BCUT2D eigenvalue weighted by atomic mass is 16.5. The molecule has 0 radical (unpaired) electrons. The van der Waals surface area contributed by atoms with Crippen molar-refractivity contribution in [3.05, 3.63) is 11.8 Å². The van der Waals surface area contributed by atoms with Gasteiger partial charge in [0.1, 0.15) is 5.76 Å². The largest absolute Gasteiger partial charge is 0.497 e. The van der Waals surface area contributed by atoms with E-state index in [1.54, 1.807) is 0 Å². The van der Waals surface area contributed by atoms with Crippen LogP contribution < -0.4 is 5.32 Å². The molecule has 1 fully saturated rings. The molecule has 0 amide bonds. The minimum Gasteiger partial charge on any atom is -0.497 e. The number of rotatable bonds is 5. The first-order valence-electron chi connectivity index (χ1n) is 7.87. The molecule has 2 heteroatoms. The Morgan fingerprint density at radius 2 is 2.28 bits per heavy atom. The van der Waals surface area contributed by atoms with E-state index in [-0.39, 0.29) is 0 Å². The highest BCUT2D eigenvalue weighted by molar-refractivity contribution is 5.08. The fourth-order valence-electron chi connectivity index (χ4n) is 3.38. The Morgan fingerprint density at radius 3 is 2.94 bits per heavy atom. The molecule has 0 aromatic heterocycles. The summed E-state index contributed by atoms with van der Waals surface area (Å²) >= 11 is 0. The van der Waals surface area contributed by atoms with Gasteiger partial charge in [-0.25, -0.2) is 0 Å². The molecular weight excluding hydrogens is 222 g/mol. The van der Waals surface area contributed by atoms with Crippen LogP contribution in [0.5, 0.6) is 0 Å². The van der Waals surface area contributed by atoms with Crippen LogP contribution in [-0.2, 0) is 4.74 Å². The van der Waals surface area contributed by atoms with Crippen molar-refractivity contribution < 1.29 is 4.74 Å². The van der Waals surface area contributed by atoms with Gasteiger partial charge in [0.15, 0.2) is 0 Å². The van der Waals surface area contributed by atoms with Gasteiger partial charge in [0.25, 0.3) is 0 Å². The summed E-state index contributed by atoms with van der Waals surface area (Å²) in [6, 6.07) is 0.480. The van der Waals surface area contributed by atoms with E-state index in [0.717, 1.165) is 25.0 Å². The monoisotopic (exact) mass is 251 g/mol. The maximum absolute atomic E-state index is 5.92. The summed E-state index contributed by atoms with van der Waals surface area (Å²) in [6.45, 7) is 6.66. The lowest BCUT2D eigenvalue weighted by Crippen LogP contribution is -2.41. The van der Waals surface area contributed by atoms with Crippen molar-refractivity contribution in [3.63, 3.8) is 0 Å². The van der Waals surface area contributed by atoms with Crippen LogP contribution in [-0.4, -0.2) is 19.2 Å². The quantitative estimate of drug-likeness (QED) is 0.800. The van der Waals surface area contributed by atoms with Gasteiger partial charge >= 0.3 is 0 Å². The van der Waals surface area contributed by atoms with Gasteiger partial charge in [-0.2, -0.15) is 0 Å². The second-order valence-electron chi connectivity index (χ2n) is 6.06. The molecule has 0 aromatic carbocycles. The number of ether oxygens (including phenoxy) is 1. The molecule has 2 rings (SSSR count). The van der Waals surface area contributed by atoms with Crippen LogP contribution in [0.15, 0.2) is 11.8 Å². The predicted octanol–water partition coefficient (Wildman–Crippen LogP) is 3.88. The summed E-state index contributed by atoms with van der Waals surface area (Å²) in [5.41, 5.74) is 0. The molecule has 2 aliphatic rings. The minimum absolute atomic E-state index is 0.480. The zero-order chi connectivity index (χ0) is 12.8. The SMILES string of the molecule is CCCNC(C1=CCCCO1)C1CCCC(C)C1. The van der Waals surface area contributed by atoms with Gasteiger partial charge in [0.05, 0.1) is 12.6 Å². The van der Waals surface area contributed by atoms with E-state index >= 15 is 0 Å². The summed E-state index contributed by atoms with van der Waals surface area (Å²) in [6.07, 6.45) is 11.4. The molecule has 3 unspecified atom stereocenters. The van der Waals surface area contributed by atoms with Gasteiger partial charge in [-0.3, -0.25) is 0 Å². The fourth-order valence-corrected chi connectivity index (χ4v) is 3.38. The van der Waals surface area contributed by atoms with Gasteiger partial charge in [-0.05, 0) is 56.6 Å². The zero-order valence-corrected chi connectivity index (χ0v) is 12.1. The van der Waals surface area contributed by atoms with Crippen molar-refractivity contribution in [3.8, 4) is 0 Å². The van der Waals surface area contributed by atoms with E-state index in [1.807, 2.05) is 0 Å². The maximum atomic E-state index is 5.92. The Kier molecular flexibility index (Phi) is 5.55. The molecule has 3 atom stereocenters. The van der Waals surface area contributed by atoms with Crippen molar-refractivity contribution in [1.29, 1.82) is 0 Å². The molecule has 1 heterocycles. The molecule has 104 valence electrons. The van der Waals surface area contributed by atoms with Crippen LogP contribution in [0.25, 0.3) is 0 Å². The van der Waals surface area contributed by atoms with Crippen LogP contribution in [0.4, 0.5) is 0 Å². The first-order valence-corrected chi connectivity index (χ1v) is 7.87. The molecule has 1 aliphatic carbocycles. The first-order chi connectivity index (χ1) is 8.81. The molecule has 0 bridgehead atoms. The fraction of sp³-hybridized carbons (Fsp3) is 0.875. The first kappa shape index (κ1) is 13.9. The molecule has 1 saturated carbocycles. The smallest absolute Gasteiger partial charge is 0.109 e. The number of hydrogen-bond acceptors (Lipinski definition) is 2. The van der Waals surface area contributed by atoms with Crippen LogP contribution in [0, 0.1) is 11.8 Å². The molecule has 0 aromatic rings. The van der Waals surface area contributed by atoms with Gasteiger partial charge in [0.2, 0.25) is 0 Å².